The summed E-state index contributed by atoms with van der Waals surface area (Å²) in [4.78, 5) is 26.8. The maximum Gasteiger partial charge on any atom is 0.268 e. The SMILES string of the molecule is C[C@@H]1Oc2ccccc2N(CC(=O)Nc2ccc3c(c2)Cc2ccccc2-3)C1=O. The van der Waals surface area contributed by atoms with Crippen molar-refractivity contribution in [3.63, 3.8) is 0 Å². The summed E-state index contributed by atoms with van der Waals surface area (Å²) in [6.07, 6.45) is 0.249. The summed E-state index contributed by atoms with van der Waals surface area (Å²) >= 11 is 0. The zero-order valence-corrected chi connectivity index (χ0v) is 16.0. The summed E-state index contributed by atoms with van der Waals surface area (Å²) in [5, 5.41) is 2.94. The first-order valence-electron chi connectivity index (χ1n) is 9.68. The summed E-state index contributed by atoms with van der Waals surface area (Å²) in [5.74, 6) is 0.156. The maximum absolute atomic E-state index is 12.7. The zero-order valence-electron chi connectivity index (χ0n) is 16.0. The smallest absolute Gasteiger partial charge is 0.268 e. The molecule has 2 amide bonds. The van der Waals surface area contributed by atoms with E-state index in [1.54, 1.807) is 19.1 Å². The van der Waals surface area contributed by atoms with E-state index in [1.807, 2.05) is 42.5 Å². The highest BCUT2D eigenvalue weighted by Gasteiger charge is 2.32. The van der Waals surface area contributed by atoms with Gasteiger partial charge in [-0.05, 0) is 59.9 Å². The zero-order chi connectivity index (χ0) is 20.0. The van der Waals surface area contributed by atoms with E-state index in [-0.39, 0.29) is 18.4 Å². The van der Waals surface area contributed by atoms with Gasteiger partial charge in [0.05, 0.1) is 5.69 Å². The van der Waals surface area contributed by atoms with E-state index < -0.39 is 6.10 Å². The fourth-order valence-corrected chi connectivity index (χ4v) is 4.09. The Bertz CT molecular complexity index is 1140. The Labute approximate surface area is 168 Å². The lowest BCUT2D eigenvalue weighted by atomic mass is 10.1. The molecule has 5 rings (SSSR count). The molecule has 0 unspecified atom stereocenters. The molecule has 3 aromatic rings. The van der Waals surface area contributed by atoms with Crippen molar-refractivity contribution in [2.45, 2.75) is 19.4 Å². The number of nitrogens with zero attached hydrogens (tertiary/aromatic N) is 1. The van der Waals surface area contributed by atoms with Crippen molar-refractivity contribution >= 4 is 23.2 Å². The van der Waals surface area contributed by atoms with Gasteiger partial charge in [0.15, 0.2) is 6.10 Å². The Morgan fingerprint density at radius 1 is 1.03 bits per heavy atom. The van der Waals surface area contributed by atoms with Gasteiger partial charge in [-0.15, -0.1) is 0 Å². The van der Waals surface area contributed by atoms with Crippen molar-refractivity contribution in [2.24, 2.45) is 0 Å². The molecule has 5 heteroatoms. The van der Waals surface area contributed by atoms with Crippen LogP contribution in [-0.4, -0.2) is 24.5 Å². The predicted molar refractivity (Wildman–Crippen MR) is 112 cm³/mol. The van der Waals surface area contributed by atoms with Crippen LogP contribution in [0.3, 0.4) is 0 Å². The molecule has 1 aliphatic heterocycles. The second kappa shape index (κ2) is 6.78. The molecule has 1 atom stereocenters. The quantitative estimate of drug-likeness (QED) is 0.581. The summed E-state index contributed by atoms with van der Waals surface area (Å²) < 4.78 is 5.63. The highest BCUT2D eigenvalue weighted by molar-refractivity contribution is 6.06. The van der Waals surface area contributed by atoms with Crippen LogP contribution in [-0.2, 0) is 16.0 Å². The van der Waals surface area contributed by atoms with E-state index in [0.717, 1.165) is 12.1 Å². The van der Waals surface area contributed by atoms with Crippen LogP contribution >= 0.6 is 0 Å². The Kier molecular flexibility index (Phi) is 4.09. The van der Waals surface area contributed by atoms with Crippen LogP contribution in [0, 0.1) is 0 Å². The predicted octanol–water partition coefficient (Wildman–Crippen LogP) is 4.01. The summed E-state index contributed by atoms with van der Waals surface area (Å²) in [7, 11) is 0. The monoisotopic (exact) mass is 384 g/mol. The normalized spacial score (nSPS) is 16.5. The Balaban J connectivity index is 1.34. The van der Waals surface area contributed by atoms with E-state index in [2.05, 4.69) is 17.4 Å². The van der Waals surface area contributed by atoms with Gasteiger partial charge < -0.3 is 10.1 Å². The second-order valence-electron chi connectivity index (χ2n) is 7.41. The molecule has 29 heavy (non-hydrogen) atoms. The number of ether oxygens (including phenoxy) is 1. The average molecular weight is 384 g/mol. The molecule has 2 aliphatic rings. The van der Waals surface area contributed by atoms with E-state index in [9.17, 15) is 9.59 Å². The van der Waals surface area contributed by atoms with Gasteiger partial charge in [-0.25, -0.2) is 0 Å². The highest BCUT2D eigenvalue weighted by Crippen LogP contribution is 2.38. The minimum Gasteiger partial charge on any atom is -0.479 e. The highest BCUT2D eigenvalue weighted by atomic mass is 16.5. The van der Waals surface area contributed by atoms with Crippen molar-refractivity contribution in [3.05, 3.63) is 77.9 Å². The molecule has 0 spiro atoms. The third kappa shape index (κ3) is 3.05. The van der Waals surface area contributed by atoms with Crippen LogP contribution in [0.1, 0.15) is 18.1 Å². The van der Waals surface area contributed by atoms with E-state index in [4.69, 9.17) is 4.74 Å². The number of carbonyl (C=O) groups excluding carboxylic acids is 2. The van der Waals surface area contributed by atoms with Gasteiger partial charge >= 0.3 is 0 Å². The Morgan fingerprint density at radius 3 is 2.69 bits per heavy atom. The molecule has 1 aliphatic carbocycles. The molecular formula is C24H20N2O3. The third-order valence-corrected chi connectivity index (χ3v) is 5.45. The number of amides is 2. The average Bonchev–Trinajstić information content (AvgIpc) is 3.09. The van der Waals surface area contributed by atoms with Crippen molar-refractivity contribution < 1.29 is 14.3 Å². The number of anilines is 2. The minimum absolute atomic E-state index is 0.0547. The number of rotatable bonds is 3. The number of para-hydroxylation sites is 2. The lowest BCUT2D eigenvalue weighted by Gasteiger charge is -2.32. The largest absolute Gasteiger partial charge is 0.479 e. The molecule has 144 valence electrons. The molecular weight excluding hydrogens is 364 g/mol. The summed E-state index contributed by atoms with van der Waals surface area (Å²) in [6.45, 7) is 1.64. The topological polar surface area (TPSA) is 58.6 Å². The van der Waals surface area contributed by atoms with Crippen LogP contribution in [0.25, 0.3) is 11.1 Å². The molecule has 3 aromatic carbocycles. The van der Waals surface area contributed by atoms with Crippen molar-refractivity contribution in [1.29, 1.82) is 0 Å². The van der Waals surface area contributed by atoms with E-state index in [0.29, 0.717) is 11.4 Å². The molecule has 0 saturated carbocycles. The van der Waals surface area contributed by atoms with Crippen LogP contribution in [0.2, 0.25) is 0 Å². The van der Waals surface area contributed by atoms with Crippen LogP contribution in [0.5, 0.6) is 5.75 Å². The maximum atomic E-state index is 12.7. The van der Waals surface area contributed by atoms with Crippen molar-refractivity contribution in [1.82, 2.24) is 0 Å². The van der Waals surface area contributed by atoms with E-state index >= 15 is 0 Å². The first-order chi connectivity index (χ1) is 14.1. The molecule has 1 N–H and O–H groups in total. The second-order valence-corrected chi connectivity index (χ2v) is 7.41. The first-order valence-corrected chi connectivity index (χ1v) is 9.68. The minimum atomic E-state index is -0.615. The molecule has 5 nitrogen and oxygen atoms in total. The van der Waals surface area contributed by atoms with Gasteiger partial charge in [-0.1, -0.05) is 42.5 Å². The lowest BCUT2D eigenvalue weighted by Crippen LogP contribution is -2.47. The number of fused-ring (bicyclic) bond motifs is 4. The van der Waals surface area contributed by atoms with Crippen molar-refractivity contribution in [3.8, 4) is 16.9 Å². The fourth-order valence-electron chi connectivity index (χ4n) is 4.09. The van der Waals surface area contributed by atoms with Gasteiger partial charge in [-0.2, -0.15) is 0 Å². The van der Waals surface area contributed by atoms with Crippen molar-refractivity contribution in [2.75, 3.05) is 16.8 Å². The van der Waals surface area contributed by atoms with E-state index in [1.165, 1.54) is 27.2 Å². The van der Waals surface area contributed by atoms with Gasteiger partial charge in [0.1, 0.15) is 12.3 Å². The Hall–Kier alpha value is -3.60. The van der Waals surface area contributed by atoms with Gasteiger partial charge in [0, 0.05) is 5.69 Å². The van der Waals surface area contributed by atoms with Gasteiger partial charge in [0.25, 0.3) is 5.91 Å². The number of hydrogen-bond donors (Lipinski definition) is 1. The molecule has 0 fully saturated rings. The number of carbonyl (C=O) groups is 2. The molecule has 0 radical (unpaired) electrons. The summed E-state index contributed by atoms with van der Waals surface area (Å²) in [5.41, 5.74) is 6.33. The molecule has 0 saturated heterocycles. The van der Waals surface area contributed by atoms with Crippen LogP contribution in [0.4, 0.5) is 11.4 Å². The molecule has 0 bridgehead atoms. The van der Waals surface area contributed by atoms with Gasteiger partial charge in [0.2, 0.25) is 5.91 Å². The summed E-state index contributed by atoms with van der Waals surface area (Å²) in [6, 6.07) is 21.6. The first kappa shape index (κ1) is 17.5. The number of benzene rings is 3. The fraction of sp³-hybridized carbons (Fsp3) is 0.167. The van der Waals surface area contributed by atoms with Gasteiger partial charge in [-0.3, -0.25) is 14.5 Å². The van der Waals surface area contributed by atoms with Crippen LogP contribution in [0.15, 0.2) is 66.7 Å². The Morgan fingerprint density at radius 2 is 1.79 bits per heavy atom. The third-order valence-electron chi connectivity index (χ3n) is 5.45. The van der Waals surface area contributed by atoms with Crippen LogP contribution < -0.4 is 15.0 Å². The molecule has 0 aromatic heterocycles. The number of hydrogen-bond acceptors (Lipinski definition) is 3. The standard InChI is InChI=1S/C24H20N2O3/c1-15-24(28)26(21-8-4-5-9-22(21)29-15)14-23(27)25-18-10-11-20-17(13-18)12-16-6-2-3-7-19(16)20/h2-11,13,15H,12,14H2,1H3,(H,25,27)/t15-/m0/s1. The number of nitrogens with one attached hydrogen (secondary N) is 1. The lowest BCUT2D eigenvalue weighted by molar-refractivity contribution is -0.127. The molecule has 1 heterocycles.